The summed E-state index contributed by atoms with van der Waals surface area (Å²) in [4.78, 5) is 31.2. The van der Waals surface area contributed by atoms with E-state index in [0.29, 0.717) is 39.0 Å². The molecule has 10 nitrogen and oxygen atoms in total. The van der Waals surface area contributed by atoms with E-state index in [2.05, 4.69) is 42.2 Å². The minimum absolute atomic E-state index is 0.0191. The molecule has 0 aromatic carbocycles. The lowest BCUT2D eigenvalue weighted by atomic mass is 9.61. The van der Waals surface area contributed by atoms with Crippen molar-refractivity contribution in [1.29, 1.82) is 0 Å². The third kappa shape index (κ3) is 5.54. The summed E-state index contributed by atoms with van der Waals surface area (Å²) >= 11 is 0. The topological polar surface area (TPSA) is 89.4 Å². The van der Waals surface area contributed by atoms with Crippen LogP contribution >= 0.6 is 0 Å². The standard InChI is InChI=1S/C27H45N5O5Si/c1-19-12-23(28-32(19)20-13-27(14-20)17-29(18-27)24(33)37-26(2,3)4)30-8-9-31(22-16-35-15-21(22)30)25(34)36-10-11-38(5,6)7/h12,20-22H,8-11,13-18H2,1-7H3/t21-,22-/m1/s1. The molecule has 212 valence electrons. The predicted octanol–water partition coefficient (Wildman–Crippen LogP) is 4.13. The molecule has 38 heavy (non-hydrogen) atoms. The van der Waals surface area contributed by atoms with Crippen LogP contribution in [0.25, 0.3) is 0 Å². The van der Waals surface area contributed by atoms with E-state index < -0.39 is 13.7 Å². The molecule has 3 aliphatic heterocycles. The molecule has 2 amide bonds. The molecule has 1 aromatic heterocycles. The number of carbonyl (C=O) groups excluding carboxylic acids is 2. The minimum Gasteiger partial charge on any atom is -0.450 e. The molecular formula is C27H45N5O5Si. The van der Waals surface area contributed by atoms with Crippen LogP contribution in [0.2, 0.25) is 25.7 Å². The van der Waals surface area contributed by atoms with Crippen molar-refractivity contribution in [2.75, 3.05) is 50.9 Å². The van der Waals surface area contributed by atoms with Crippen LogP contribution in [-0.2, 0) is 14.2 Å². The first-order chi connectivity index (χ1) is 17.7. The molecule has 2 atom stereocenters. The maximum Gasteiger partial charge on any atom is 0.410 e. The van der Waals surface area contributed by atoms with E-state index in [1.54, 1.807) is 0 Å². The summed E-state index contributed by atoms with van der Waals surface area (Å²) in [5.74, 6) is 0.958. The quantitative estimate of drug-likeness (QED) is 0.512. The van der Waals surface area contributed by atoms with Crippen molar-refractivity contribution >= 4 is 26.1 Å². The lowest BCUT2D eigenvalue weighted by molar-refractivity contribution is -0.0930. The fraction of sp³-hybridized carbons (Fsp3) is 0.815. The molecule has 4 heterocycles. The Bertz CT molecular complexity index is 1050. The van der Waals surface area contributed by atoms with E-state index in [1.165, 1.54) is 0 Å². The first kappa shape index (κ1) is 27.3. The molecule has 0 unspecified atom stereocenters. The number of carbonyl (C=O) groups is 2. The Kier molecular flexibility index (Phi) is 6.99. The molecular weight excluding hydrogens is 502 g/mol. The number of nitrogens with zero attached hydrogens (tertiary/aromatic N) is 5. The van der Waals surface area contributed by atoms with Crippen LogP contribution in [0.3, 0.4) is 0 Å². The third-order valence-electron chi connectivity index (χ3n) is 8.31. The fourth-order valence-corrected chi connectivity index (χ4v) is 7.00. The van der Waals surface area contributed by atoms with Gasteiger partial charge >= 0.3 is 12.2 Å². The summed E-state index contributed by atoms with van der Waals surface area (Å²) < 4.78 is 19.2. The van der Waals surface area contributed by atoms with Crippen molar-refractivity contribution in [3.05, 3.63) is 11.8 Å². The van der Waals surface area contributed by atoms with Crippen LogP contribution in [0.5, 0.6) is 0 Å². The molecule has 5 rings (SSSR count). The van der Waals surface area contributed by atoms with Gasteiger partial charge in [-0.2, -0.15) is 5.10 Å². The Morgan fingerprint density at radius 1 is 1.11 bits per heavy atom. The van der Waals surface area contributed by atoms with Crippen molar-refractivity contribution in [1.82, 2.24) is 19.6 Å². The van der Waals surface area contributed by atoms with Crippen molar-refractivity contribution in [2.45, 2.75) is 89.9 Å². The monoisotopic (exact) mass is 547 g/mol. The van der Waals surface area contributed by atoms with Gasteiger partial charge in [0.15, 0.2) is 5.82 Å². The SMILES string of the molecule is Cc1cc(N2CCN(C(=O)OCC[Si](C)(C)C)[C@@H]3COC[C@H]32)nn1C1CC2(C1)CN(C(=O)OC(C)(C)C)C2. The van der Waals surface area contributed by atoms with Gasteiger partial charge in [0, 0.05) is 51.4 Å². The Labute approximate surface area is 227 Å². The smallest absolute Gasteiger partial charge is 0.410 e. The molecule has 0 bridgehead atoms. The van der Waals surface area contributed by atoms with Crippen LogP contribution in [0.4, 0.5) is 15.4 Å². The van der Waals surface area contributed by atoms with Gasteiger partial charge in [0.1, 0.15) is 5.60 Å². The van der Waals surface area contributed by atoms with Gasteiger partial charge in [-0.05, 0) is 46.6 Å². The Morgan fingerprint density at radius 2 is 1.79 bits per heavy atom. The van der Waals surface area contributed by atoms with E-state index in [-0.39, 0.29) is 29.7 Å². The van der Waals surface area contributed by atoms with Gasteiger partial charge in [-0.3, -0.25) is 9.58 Å². The van der Waals surface area contributed by atoms with Crippen LogP contribution in [0, 0.1) is 12.3 Å². The lowest BCUT2D eigenvalue weighted by Gasteiger charge is -2.58. The summed E-state index contributed by atoms with van der Waals surface area (Å²) in [5, 5.41) is 5.04. The maximum atomic E-state index is 12.9. The molecule has 0 radical (unpaired) electrons. The molecule has 1 aliphatic carbocycles. The Hall–Kier alpha value is -2.27. The summed E-state index contributed by atoms with van der Waals surface area (Å²) in [5.41, 5.74) is 0.881. The molecule has 1 spiro atoms. The molecule has 4 fully saturated rings. The average molecular weight is 548 g/mol. The number of rotatable bonds is 5. The largest absolute Gasteiger partial charge is 0.450 e. The summed E-state index contributed by atoms with van der Waals surface area (Å²) in [6.07, 6.45) is 1.63. The molecule has 1 aromatic rings. The van der Waals surface area contributed by atoms with Crippen molar-refractivity contribution in [2.24, 2.45) is 5.41 Å². The normalized spacial score (nSPS) is 25.2. The average Bonchev–Trinajstić information content (AvgIpc) is 3.36. The molecule has 1 saturated carbocycles. The zero-order valence-electron chi connectivity index (χ0n) is 24.2. The van der Waals surface area contributed by atoms with E-state index in [0.717, 1.165) is 43.5 Å². The molecule has 4 aliphatic rings. The van der Waals surface area contributed by atoms with Crippen LogP contribution in [-0.4, -0.2) is 104 Å². The number of hydrogen-bond donors (Lipinski definition) is 0. The molecule has 11 heteroatoms. The van der Waals surface area contributed by atoms with Crippen LogP contribution < -0.4 is 4.90 Å². The first-order valence-electron chi connectivity index (χ1n) is 14.1. The number of amides is 2. The van der Waals surface area contributed by atoms with Crippen molar-refractivity contribution in [3.8, 4) is 0 Å². The second kappa shape index (κ2) is 9.73. The number of anilines is 1. The Morgan fingerprint density at radius 3 is 2.45 bits per heavy atom. The van der Waals surface area contributed by atoms with Crippen molar-refractivity contribution < 1.29 is 23.8 Å². The third-order valence-corrected chi connectivity index (χ3v) is 10.0. The second-order valence-electron chi connectivity index (χ2n) is 14.0. The number of piperazine rings is 1. The van der Waals surface area contributed by atoms with Crippen LogP contribution in [0.1, 0.15) is 45.3 Å². The number of aryl methyl sites for hydroxylation is 1. The van der Waals surface area contributed by atoms with Gasteiger partial charge in [0.2, 0.25) is 0 Å². The second-order valence-corrected chi connectivity index (χ2v) is 19.6. The van der Waals surface area contributed by atoms with E-state index >= 15 is 0 Å². The van der Waals surface area contributed by atoms with Gasteiger partial charge < -0.3 is 24.0 Å². The highest BCUT2D eigenvalue weighted by Crippen LogP contribution is 2.54. The zero-order valence-corrected chi connectivity index (χ0v) is 25.2. The van der Waals surface area contributed by atoms with Gasteiger partial charge in [-0.1, -0.05) is 19.6 Å². The van der Waals surface area contributed by atoms with Gasteiger partial charge in [0.25, 0.3) is 0 Å². The maximum absolute atomic E-state index is 12.9. The lowest BCUT2D eigenvalue weighted by Crippen LogP contribution is -2.64. The number of likely N-dealkylation sites (tertiary alicyclic amines) is 1. The number of aromatic nitrogens is 2. The molecule has 3 saturated heterocycles. The number of ether oxygens (including phenoxy) is 3. The van der Waals surface area contributed by atoms with E-state index in [1.807, 2.05) is 30.6 Å². The fourth-order valence-electron chi connectivity index (χ4n) is 6.28. The predicted molar refractivity (Wildman–Crippen MR) is 147 cm³/mol. The van der Waals surface area contributed by atoms with E-state index in [9.17, 15) is 9.59 Å². The minimum atomic E-state index is -1.25. The van der Waals surface area contributed by atoms with Gasteiger partial charge in [-0.15, -0.1) is 0 Å². The first-order valence-corrected chi connectivity index (χ1v) is 17.8. The summed E-state index contributed by atoms with van der Waals surface area (Å²) in [6, 6.07) is 3.55. The highest BCUT2D eigenvalue weighted by atomic mass is 28.3. The number of fused-ring (bicyclic) bond motifs is 1. The van der Waals surface area contributed by atoms with Gasteiger partial charge in [0.05, 0.1) is 37.9 Å². The highest BCUT2D eigenvalue weighted by Gasteiger charge is 2.55. The Balaban J connectivity index is 1.17. The molecule has 0 N–H and O–H groups in total. The zero-order chi connectivity index (χ0) is 27.5. The van der Waals surface area contributed by atoms with Crippen LogP contribution in [0.15, 0.2) is 6.07 Å². The highest BCUT2D eigenvalue weighted by molar-refractivity contribution is 6.76. The number of hydrogen-bond acceptors (Lipinski definition) is 7. The van der Waals surface area contributed by atoms with E-state index in [4.69, 9.17) is 19.3 Å². The summed E-state index contributed by atoms with van der Waals surface area (Å²) in [6.45, 7) is 19.1. The summed E-state index contributed by atoms with van der Waals surface area (Å²) in [7, 11) is -1.25. The van der Waals surface area contributed by atoms with Crippen molar-refractivity contribution in [3.63, 3.8) is 0 Å². The van der Waals surface area contributed by atoms with Gasteiger partial charge in [-0.25, -0.2) is 9.59 Å².